The van der Waals surface area contributed by atoms with Crippen molar-refractivity contribution in [3.8, 4) is 0 Å². The van der Waals surface area contributed by atoms with Gasteiger partial charge in [0.15, 0.2) is 0 Å². The SMILES string of the molecule is C[C@@H]1NC(=O)CC/C=C\CN(c2ccc3ccccc3c2)C(=O)[C@H]2N([C@H](CO)c3ccccc3)C(=O)[C@@H]3[C@@H](C(=O)O[C@H]1c1ccccc1)[C@@H]1O[C@@]32C=C1Br. The van der Waals surface area contributed by atoms with E-state index < -0.39 is 72.2 Å². The second-order valence-corrected chi connectivity index (χ2v) is 15.2. The van der Waals surface area contributed by atoms with Crippen LogP contribution in [-0.2, 0) is 28.7 Å². The Labute approximate surface area is 321 Å². The lowest BCUT2D eigenvalue weighted by Crippen LogP contribution is -2.57. The summed E-state index contributed by atoms with van der Waals surface area (Å²) in [6.45, 7) is 1.43. The highest BCUT2D eigenvalue weighted by molar-refractivity contribution is 9.11. The highest BCUT2D eigenvalue weighted by Gasteiger charge is 2.75. The smallest absolute Gasteiger partial charge is 0.313 e. The molecule has 276 valence electrons. The number of halogens is 1. The Morgan fingerprint density at radius 3 is 2.31 bits per heavy atom. The van der Waals surface area contributed by atoms with Crippen LogP contribution < -0.4 is 10.2 Å². The number of aliphatic hydroxyl groups is 1. The number of fused-ring (bicyclic) bond motifs is 3. The summed E-state index contributed by atoms with van der Waals surface area (Å²) >= 11 is 3.64. The maximum atomic E-state index is 15.5. The lowest BCUT2D eigenvalue weighted by atomic mass is 9.74. The maximum absolute atomic E-state index is 15.5. The first-order valence-corrected chi connectivity index (χ1v) is 19.0. The van der Waals surface area contributed by atoms with Crippen molar-refractivity contribution in [2.75, 3.05) is 18.1 Å². The molecule has 4 aliphatic heterocycles. The van der Waals surface area contributed by atoms with E-state index in [1.165, 1.54) is 4.90 Å². The lowest BCUT2D eigenvalue weighted by Gasteiger charge is -2.39. The predicted molar refractivity (Wildman–Crippen MR) is 206 cm³/mol. The van der Waals surface area contributed by atoms with Crippen LogP contribution in [0.15, 0.2) is 126 Å². The van der Waals surface area contributed by atoms with Gasteiger partial charge in [-0.1, -0.05) is 119 Å². The molecule has 4 heterocycles. The molecule has 2 saturated heterocycles. The summed E-state index contributed by atoms with van der Waals surface area (Å²) in [7, 11) is 0. The monoisotopic (exact) mass is 789 g/mol. The first-order chi connectivity index (χ1) is 26.2. The number of carbonyl (C=O) groups excluding carboxylic acids is 4. The molecule has 5 bridgehead atoms. The normalized spacial score (nSPS) is 29.8. The van der Waals surface area contributed by atoms with Crippen molar-refractivity contribution in [3.05, 3.63) is 137 Å². The Morgan fingerprint density at radius 2 is 1.57 bits per heavy atom. The van der Waals surface area contributed by atoms with Gasteiger partial charge in [0.1, 0.15) is 29.8 Å². The van der Waals surface area contributed by atoms with Gasteiger partial charge in [-0.05, 0) is 53.5 Å². The molecule has 2 N–H and O–H groups in total. The number of anilines is 1. The first-order valence-electron chi connectivity index (χ1n) is 18.3. The molecule has 0 unspecified atom stereocenters. The number of nitrogens with one attached hydrogen (secondary N) is 1. The Hall–Kier alpha value is -5.10. The molecule has 11 heteroatoms. The number of cyclic esters (lactones) is 1. The summed E-state index contributed by atoms with van der Waals surface area (Å²) in [4.78, 5) is 61.4. The third-order valence-electron chi connectivity index (χ3n) is 11.1. The molecule has 8 atom stereocenters. The number of rotatable bonds is 5. The number of ether oxygens (including phenoxy) is 2. The topological polar surface area (TPSA) is 125 Å². The molecular formula is C43H40BrN3O7. The third-order valence-corrected chi connectivity index (χ3v) is 11.8. The molecule has 0 aromatic heterocycles. The minimum absolute atomic E-state index is 0.124. The van der Waals surface area contributed by atoms with Gasteiger partial charge in [-0.15, -0.1) is 0 Å². The summed E-state index contributed by atoms with van der Waals surface area (Å²) in [5.74, 6) is -4.12. The van der Waals surface area contributed by atoms with Crippen LogP contribution in [0.2, 0.25) is 0 Å². The molecule has 8 rings (SSSR count). The number of aliphatic hydroxyl groups excluding tert-OH is 1. The molecule has 54 heavy (non-hydrogen) atoms. The van der Waals surface area contributed by atoms with Gasteiger partial charge in [0.05, 0.1) is 24.6 Å². The van der Waals surface area contributed by atoms with Gasteiger partial charge in [-0.25, -0.2) is 0 Å². The molecule has 10 nitrogen and oxygen atoms in total. The Kier molecular flexibility index (Phi) is 9.72. The molecule has 3 amide bonds. The zero-order valence-electron chi connectivity index (χ0n) is 29.6. The van der Waals surface area contributed by atoms with E-state index in [-0.39, 0.29) is 18.9 Å². The van der Waals surface area contributed by atoms with Gasteiger partial charge in [0.25, 0.3) is 5.91 Å². The number of hydrogen-bond acceptors (Lipinski definition) is 7. The van der Waals surface area contributed by atoms with Crippen molar-refractivity contribution < 1.29 is 33.8 Å². The minimum atomic E-state index is -1.57. The van der Waals surface area contributed by atoms with Gasteiger partial charge in [0.2, 0.25) is 11.8 Å². The summed E-state index contributed by atoms with van der Waals surface area (Å²) in [6.07, 6.45) is 4.27. The molecule has 4 aromatic rings. The van der Waals surface area contributed by atoms with Crippen LogP contribution in [0, 0.1) is 11.8 Å². The molecule has 0 saturated carbocycles. The largest absolute Gasteiger partial charge is 0.455 e. The van der Waals surface area contributed by atoms with E-state index in [0.29, 0.717) is 27.7 Å². The van der Waals surface area contributed by atoms with Crippen molar-refractivity contribution in [2.45, 2.75) is 55.7 Å². The molecular weight excluding hydrogens is 750 g/mol. The standard InChI is InChI=1S/C43H40BrN3O7/c1-26-37(29-16-7-3-8-17-29)53-42(52)35-36-40(50)47(33(25-48)28-14-5-2-6-15-28)39(43(36)24-32(44)38(35)54-43)41(51)46(22-12-4-9-19-34(49)45-26)31-21-20-27-13-10-11-18-30(27)23-31/h2-8,10-18,20-21,23-24,26,33,35-39,48H,9,19,22,25H2,1H3,(H,45,49)/b12-4-/t26-,33+,35+,36-,37+,38+,39+,43-/m0/s1. The third kappa shape index (κ3) is 6.14. The molecule has 1 spiro atoms. The number of benzene rings is 4. The van der Waals surface area contributed by atoms with E-state index >= 15 is 9.59 Å². The van der Waals surface area contributed by atoms with Gasteiger partial charge in [-0.3, -0.25) is 19.2 Å². The van der Waals surface area contributed by atoms with E-state index in [1.54, 1.807) is 30.0 Å². The zero-order valence-corrected chi connectivity index (χ0v) is 31.2. The number of amides is 3. The van der Waals surface area contributed by atoms with Crippen LogP contribution in [0.3, 0.4) is 0 Å². The number of nitrogens with zero attached hydrogens (tertiary/aromatic N) is 2. The first kappa shape index (κ1) is 35.9. The summed E-state index contributed by atoms with van der Waals surface area (Å²) in [6, 6.07) is 29.0. The second kappa shape index (κ2) is 14.6. The van der Waals surface area contributed by atoms with Crippen molar-refractivity contribution in [1.29, 1.82) is 0 Å². The zero-order chi connectivity index (χ0) is 37.6. The van der Waals surface area contributed by atoms with Gasteiger partial charge < -0.3 is 29.7 Å². The summed E-state index contributed by atoms with van der Waals surface area (Å²) < 4.78 is 13.6. The number of esters is 1. The van der Waals surface area contributed by atoms with Crippen LogP contribution in [0.25, 0.3) is 10.8 Å². The Balaban J connectivity index is 1.29. The van der Waals surface area contributed by atoms with Gasteiger partial charge >= 0.3 is 5.97 Å². The lowest BCUT2D eigenvalue weighted by molar-refractivity contribution is -0.161. The number of likely N-dealkylation sites (tertiary alicyclic amines) is 1. The summed E-state index contributed by atoms with van der Waals surface area (Å²) in [5.41, 5.74) is 0.329. The molecule has 4 aromatic carbocycles. The highest BCUT2D eigenvalue weighted by Crippen LogP contribution is 2.60. The van der Waals surface area contributed by atoms with Crippen molar-refractivity contribution >= 4 is 56.1 Å². The quantitative estimate of drug-likeness (QED) is 0.190. The average molecular weight is 791 g/mol. The molecule has 4 aliphatic rings. The van der Waals surface area contributed by atoms with E-state index in [4.69, 9.17) is 9.47 Å². The number of allylic oxidation sites excluding steroid dienone is 1. The van der Waals surface area contributed by atoms with Crippen molar-refractivity contribution in [2.24, 2.45) is 11.8 Å². The van der Waals surface area contributed by atoms with E-state index in [9.17, 15) is 14.7 Å². The van der Waals surface area contributed by atoms with Crippen LogP contribution in [0.5, 0.6) is 0 Å². The fourth-order valence-electron chi connectivity index (χ4n) is 8.60. The van der Waals surface area contributed by atoms with E-state index in [2.05, 4.69) is 21.2 Å². The highest BCUT2D eigenvalue weighted by atomic mass is 79.9. The molecule has 0 radical (unpaired) electrons. The number of hydrogen-bond donors (Lipinski definition) is 2. The fourth-order valence-corrected chi connectivity index (χ4v) is 9.34. The predicted octanol–water partition coefficient (Wildman–Crippen LogP) is 5.92. The van der Waals surface area contributed by atoms with Crippen molar-refractivity contribution in [1.82, 2.24) is 10.2 Å². The van der Waals surface area contributed by atoms with Crippen LogP contribution in [0.1, 0.15) is 43.0 Å². The minimum Gasteiger partial charge on any atom is -0.455 e. The Bertz CT molecular complexity index is 2160. The average Bonchev–Trinajstić information content (AvgIpc) is 3.78. The number of carbonyl (C=O) groups is 4. The molecule has 0 aliphatic carbocycles. The van der Waals surface area contributed by atoms with Gasteiger partial charge in [0, 0.05) is 23.1 Å². The van der Waals surface area contributed by atoms with E-state index in [1.807, 2.05) is 103 Å². The van der Waals surface area contributed by atoms with Crippen LogP contribution in [0.4, 0.5) is 5.69 Å². The second-order valence-electron chi connectivity index (χ2n) is 14.3. The Morgan fingerprint density at radius 1 is 0.870 bits per heavy atom. The fraction of sp³-hybridized carbons (Fsp3) is 0.302. The maximum Gasteiger partial charge on any atom is 0.313 e. The van der Waals surface area contributed by atoms with E-state index in [0.717, 1.165) is 10.8 Å². The van der Waals surface area contributed by atoms with Crippen LogP contribution >= 0.6 is 15.9 Å². The molecule has 2 fully saturated rings. The van der Waals surface area contributed by atoms with Crippen molar-refractivity contribution in [3.63, 3.8) is 0 Å². The van der Waals surface area contributed by atoms with Gasteiger partial charge in [-0.2, -0.15) is 0 Å². The van der Waals surface area contributed by atoms with Crippen LogP contribution in [-0.4, -0.2) is 70.6 Å². The summed E-state index contributed by atoms with van der Waals surface area (Å²) in [5, 5.41) is 15.9.